The largest absolute Gasteiger partial charge is 0.474 e. The summed E-state index contributed by atoms with van der Waals surface area (Å²) < 4.78 is 6.07. The number of nitrogens with zero attached hydrogens (tertiary/aromatic N) is 4. The Bertz CT molecular complexity index is 683. The summed E-state index contributed by atoms with van der Waals surface area (Å²) in [5.74, 6) is 1.59. The molecule has 0 bridgehead atoms. The average molecular weight is 515 g/mol. The zero-order valence-electron chi connectivity index (χ0n) is 17.8. The van der Waals surface area contributed by atoms with Gasteiger partial charge >= 0.3 is 0 Å². The van der Waals surface area contributed by atoms with Crippen LogP contribution in [0.3, 0.4) is 0 Å². The van der Waals surface area contributed by atoms with E-state index in [2.05, 4.69) is 20.2 Å². The van der Waals surface area contributed by atoms with Crippen molar-refractivity contribution >= 4 is 35.8 Å². The van der Waals surface area contributed by atoms with Gasteiger partial charge in [0.15, 0.2) is 5.96 Å². The second kappa shape index (κ2) is 11.6. The normalized spacial score (nSPS) is 18.3. The number of guanidine groups is 1. The van der Waals surface area contributed by atoms with Gasteiger partial charge in [0.05, 0.1) is 0 Å². The van der Waals surface area contributed by atoms with Crippen LogP contribution in [-0.2, 0) is 4.79 Å². The Kier molecular flexibility index (Phi) is 9.45. The molecule has 1 aromatic rings. The van der Waals surface area contributed by atoms with Gasteiger partial charge in [0.25, 0.3) is 0 Å². The number of nitrogens with one attached hydrogen (secondary N) is 1. The Balaban J connectivity index is 0.00000300. The summed E-state index contributed by atoms with van der Waals surface area (Å²) in [6.07, 6.45) is 8.69. The molecule has 1 N–H and O–H groups in total. The van der Waals surface area contributed by atoms with Crippen molar-refractivity contribution in [1.29, 1.82) is 0 Å². The fourth-order valence-electron chi connectivity index (χ4n) is 3.70. The average Bonchev–Trinajstić information content (AvgIpc) is 3.18. The first-order valence-electron chi connectivity index (χ1n) is 10.4. The number of aromatic nitrogens is 1. The van der Waals surface area contributed by atoms with Gasteiger partial charge in [-0.3, -0.25) is 4.79 Å². The third-order valence-electron chi connectivity index (χ3n) is 5.47. The summed E-state index contributed by atoms with van der Waals surface area (Å²) in [5, 5.41) is 3.60. The molecule has 0 aromatic carbocycles. The lowest BCUT2D eigenvalue weighted by Gasteiger charge is -2.35. The van der Waals surface area contributed by atoms with Crippen LogP contribution in [0.1, 0.15) is 44.1 Å². The van der Waals surface area contributed by atoms with Crippen LogP contribution >= 0.6 is 24.0 Å². The molecule has 1 saturated carbocycles. The molecule has 2 aliphatic rings. The van der Waals surface area contributed by atoms with Gasteiger partial charge in [-0.05, 0) is 31.4 Å². The van der Waals surface area contributed by atoms with Crippen LogP contribution in [0.25, 0.3) is 0 Å². The Morgan fingerprint density at radius 3 is 2.59 bits per heavy atom. The standard InChI is InChI=1S/C21H33N5O2.HI/c1-16-8-11-22-19(14-16)28-18-9-12-26(13-10-18)21(23-15-20(27)25(2)3)24-17-6-4-5-7-17;/h8,11,14,17-18H,4-7,9-10,12-13,15H2,1-3H3,(H,23,24);1H. The lowest BCUT2D eigenvalue weighted by atomic mass is 10.1. The molecule has 0 unspecified atom stereocenters. The van der Waals surface area contributed by atoms with E-state index in [9.17, 15) is 4.79 Å². The number of carbonyl (C=O) groups is 1. The number of piperidine rings is 1. The zero-order chi connectivity index (χ0) is 19.9. The predicted octanol–water partition coefficient (Wildman–Crippen LogP) is 2.83. The van der Waals surface area contributed by atoms with Crippen LogP contribution in [0.4, 0.5) is 0 Å². The lowest BCUT2D eigenvalue weighted by Crippen LogP contribution is -2.50. The summed E-state index contributed by atoms with van der Waals surface area (Å²) in [5.41, 5.74) is 1.16. The number of amides is 1. The monoisotopic (exact) mass is 515 g/mol. The second-order valence-electron chi connectivity index (χ2n) is 8.03. The minimum Gasteiger partial charge on any atom is -0.474 e. The molecule has 1 aliphatic heterocycles. The molecule has 2 fully saturated rings. The minimum atomic E-state index is 0. The summed E-state index contributed by atoms with van der Waals surface area (Å²) >= 11 is 0. The molecule has 0 atom stereocenters. The first-order valence-corrected chi connectivity index (χ1v) is 10.4. The minimum absolute atomic E-state index is 0. The highest BCUT2D eigenvalue weighted by Gasteiger charge is 2.25. The number of likely N-dealkylation sites (N-methyl/N-ethyl adjacent to an activating group) is 1. The van der Waals surface area contributed by atoms with Crippen LogP contribution < -0.4 is 10.1 Å². The molecule has 1 aromatic heterocycles. The number of carbonyl (C=O) groups excluding carboxylic acids is 1. The highest BCUT2D eigenvalue weighted by Crippen LogP contribution is 2.20. The second-order valence-corrected chi connectivity index (χ2v) is 8.03. The topological polar surface area (TPSA) is 70.1 Å². The zero-order valence-corrected chi connectivity index (χ0v) is 20.1. The van der Waals surface area contributed by atoms with Crippen LogP contribution in [0.5, 0.6) is 5.88 Å². The molecule has 7 nitrogen and oxygen atoms in total. The fraction of sp³-hybridized carbons (Fsp3) is 0.667. The first-order chi connectivity index (χ1) is 13.5. The molecular formula is C21H34IN5O2. The van der Waals surface area contributed by atoms with E-state index in [0.717, 1.165) is 37.5 Å². The summed E-state index contributed by atoms with van der Waals surface area (Å²) in [6.45, 7) is 3.96. The van der Waals surface area contributed by atoms with E-state index in [1.165, 1.54) is 25.7 Å². The SMILES string of the molecule is Cc1ccnc(OC2CCN(C(=NCC(=O)N(C)C)NC3CCCC3)CC2)c1.I. The van der Waals surface area contributed by atoms with Gasteiger partial charge in [-0.15, -0.1) is 24.0 Å². The number of hydrogen-bond donors (Lipinski definition) is 1. The van der Waals surface area contributed by atoms with Gasteiger partial charge in [0.2, 0.25) is 11.8 Å². The van der Waals surface area contributed by atoms with Crippen molar-refractivity contribution in [2.45, 2.75) is 57.6 Å². The Labute approximate surface area is 191 Å². The molecule has 1 amide bonds. The summed E-state index contributed by atoms with van der Waals surface area (Å²) in [4.78, 5) is 24.8. The molecular weight excluding hydrogens is 481 g/mol. The van der Waals surface area contributed by atoms with Crippen molar-refractivity contribution in [2.75, 3.05) is 33.7 Å². The number of rotatable bonds is 5. The fourth-order valence-corrected chi connectivity index (χ4v) is 3.70. The van der Waals surface area contributed by atoms with Crippen LogP contribution in [0, 0.1) is 6.92 Å². The predicted molar refractivity (Wildman–Crippen MR) is 126 cm³/mol. The van der Waals surface area contributed by atoms with E-state index in [-0.39, 0.29) is 42.5 Å². The number of hydrogen-bond acceptors (Lipinski definition) is 4. The third kappa shape index (κ3) is 7.31. The Morgan fingerprint density at radius 1 is 1.28 bits per heavy atom. The smallest absolute Gasteiger partial charge is 0.243 e. The van der Waals surface area contributed by atoms with Gasteiger partial charge in [0.1, 0.15) is 12.6 Å². The van der Waals surface area contributed by atoms with E-state index < -0.39 is 0 Å². The maximum Gasteiger partial charge on any atom is 0.243 e. The molecule has 1 saturated heterocycles. The van der Waals surface area contributed by atoms with E-state index in [0.29, 0.717) is 11.9 Å². The van der Waals surface area contributed by atoms with Crippen LogP contribution in [0.2, 0.25) is 0 Å². The molecule has 0 spiro atoms. The number of aryl methyl sites for hydroxylation is 1. The van der Waals surface area contributed by atoms with Gasteiger partial charge in [0, 0.05) is 58.3 Å². The van der Waals surface area contributed by atoms with Gasteiger partial charge < -0.3 is 19.9 Å². The van der Waals surface area contributed by atoms with Crippen molar-refractivity contribution in [3.8, 4) is 5.88 Å². The van der Waals surface area contributed by atoms with E-state index in [1.807, 2.05) is 19.1 Å². The number of pyridine rings is 1. The molecule has 8 heteroatoms. The van der Waals surface area contributed by atoms with Crippen molar-refractivity contribution in [2.24, 2.45) is 4.99 Å². The first kappa shape index (κ1) is 23.7. The van der Waals surface area contributed by atoms with E-state index in [4.69, 9.17) is 4.74 Å². The van der Waals surface area contributed by atoms with Crippen molar-refractivity contribution in [1.82, 2.24) is 20.1 Å². The number of aliphatic imine (C=N–C) groups is 1. The Hall–Kier alpha value is -1.58. The van der Waals surface area contributed by atoms with Crippen molar-refractivity contribution in [3.05, 3.63) is 23.9 Å². The molecule has 0 radical (unpaired) electrons. The van der Waals surface area contributed by atoms with Gasteiger partial charge in [-0.25, -0.2) is 9.98 Å². The van der Waals surface area contributed by atoms with E-state index in [1.54, 1.807) is 25.2 Å². The van der Waals surface area contributed by atoms with Gasteiger partial charge in [-0.2, -0.15) is 0 Å². The highest BCUT2D eigenvalue weighted by molar-refractivity contribution is 14.0. The molecule has 2 heterocycles. The quantitative estimate of drug-likeness (QED) is 0.371. The van der Waals surface area contributed by atoms with Crippen LogP contribution in [0.15, 0.2) is 23.3 Å². The summed E-state index contributed by atoms with van der Waals surface area (Å²) in [6, 6.07) is 4.43. The Morgan fingerprint density at radius 2 is 1.97 bits per heavy atom. The van der Waals surface area contributed by atoms with Gasteiger partial charge in [-0.1, -0.05) is 12.8 Å². The number of halogens is 1. The molecule has 29 heavy (non-hydrogen) atoms. The van der Waals surface area contributed by atoms with Crippen molar-refractivity contribution < 1.29 is 9.53 Å². The summed E-state index contributed by atoms with van der Waals surface area (Å²) in [7, 11) is 3.54. The molecule has 162 valence electrons. The third-order valence-corrected chi connectivity index (χ3v) is 5.47. The number of likely N-dealkylation sites (tertiary alicyclic amines) is 1. The lowest BCUT2D eigenvalue weighted by molar-refractivity contribution is -0.127. The maximum absolute atomic E-state index is 12.0. The number of ether oxygens (including phenoxy) is 1. The molecule has 3 rings (SSSR count). The molecule has 1 aliphatic carbocycles. The van der Waals surface area contributed by atoms with E-state index >= 15 is 0 Å². The maximum atomic E-state index is 12.0. The highest BCUT2D eigenvalue weighted by atomic mass is 127. The van der Waals surface area contributed by atoms with Crippen molar-refractivity contribution in [3.63, 3.8) is 0 Å². The van der Waals surface area contributed by atoms with Crippen LogP contribution in [-0.4, -0.2) is 72.5 Å².